The average Bonchev–Trinajstić information content (AvgIpc) is 2.25. The van der Waals surface area contributed by atoms with E-state index in [1.165, 1.54) is 15.4 Å². The Hall–Kier alpha value is -0.910. The molecule has 0 saturated heterocycles. The summed E-state index contributed by atoms with van der Waals surface area (Å²) in [4.78, 5) is 2.51. The van der Waals surface area contributed by atoms with E-state index in [-0.39, 0.29) is 0 Å². The highest BCUT2D eigenvalue weighted by Crippen LogP contribution is 2.28. The van der Waals surface area contributed by atoms with Crippen LogP contribution < -0.4 is 0 Å². The quantitative estimate of drug-likeness (QED) is 0.464. The summed E-state index contributed by atoms with van der Waals surface area (Å²) in [5.41, 5.74) is 4.64. The Morgan fingerprint density at radius 3 is 3.00 bits per heavy atom. The lowest BCUT2D eigenvalue weighted by Gasteiger charge is -1.96. The Kier molecular flexibility index (Phi) is 3.88. The minimum Gasteiger partial charge on any atom is -0.106 e. The van der Waals surface area contributed by atoms with E-state index < -0.39 is 0 Å². The van der Waals surface area contributed by atoms with Gasteiger partial charge in [-0.2, -0.15) is 0 Å². The van der Waals surface area contributed by atoms with Gasteiger partial charge in [0, 0.05) is 0 Å². The molecule has 0 aliphatic carbocycles. The van der Waals surface area contributed by atoms with Crippen molar-refractivity contribution in [3.63, 3.8) is 0 Å². The first-order chi connectivity index (χ1) is 6.22. The molecular formula is C12H14S. The van der Waals surface area contributed by atoms with Crippen LogP contribution in [0.2, 0.25) is 0 Å². The zero-order valence-corrected chi connectivity index (χ0v) is 8.95. The number of hydrogen-bond acceptors (Lipinski definition) is 1. The monoisotopic (exact) mass is 190 g/mol. The highest BCUT2D eigenvalue weighted by atomic mass is 32.2. The summed E-state index contributed by atoms with van der Waals surface area (Å²) in [6.07, 6.45) is 9.03. The molecule has 1 heterocycles. The molecular weight excluding hydrogens is 176 g/mol. The Bertz CT molecular complexity index is 323. The van der Waals surface area contributed by atoms with Crippen LogP contribution in [-0.2, 0) is 0 Å². The number of thioether (sulfide) groups is 1. The summed E-state index contributed by atoms with van der Waals surface area (Å²) in [5.74, 6) is 0. The van der Waals surface area contributed by atoms with Crippen molar-refractivity contribution in [2.45, 2.75) is 20.3 Å². The van der Waals surface area contributed by atoms with Crippen LogP contribution in [-0.4, -0.2) is 0 Å². The fourth-order valence-corrected chi connectivity index (χ4v) is 1.92. The van der Waals surface area contributed by atoms with Gasteiger partial charge in [-0.3, -0.25) is 0 Å². The second-order valence-electron chi connectivity index (χ2n) is 2.99. The molecule has 0 aromatic carbocycles. The summed E-state index contributed by atoms with van der Waals surface area (Å²) >= 11 is 1.76. The third-order valence-corrected chi connectivity index (χ3v) is 2.63. The molecule has 0 atom stereocenters. The van der Waals surface area contributed by atoms with Crippen LogP contribution in [0.1, 0.15) is 20.3 Å². The molecule has 1 rings (SSSR count). The van der Waals surface area contributed by atoms with E-state index in [9.17, 15) is 0 Å². The van der Waals surface area contributed by atoms with Gasteiger partial charge in [-0.05, 0) is 36.8 Å². The van der Waals surface area contributed by atoms with Crippen molar-refractivity contribution in [1.82, 2.24) is 0 Å². The first-order valence-electron chi connectivity index (χ1n) is 4.32. The maximum absolute atomic E-state index is 3.65. The number of allylic oxidation sites excluding steroid dienone is 5. The van der Waals surface area contributed by atoms with Gasteiger partial charge in [0.25, 0.3) is 0 Å². The first-order valence-corrected chi connectivity index (χ1v) is 5.14. The molecule has 0 bridgehead atoms. The van der Waals surface area contributed by atoms with Crippen LogP contribution in [0.5, 0.6) is 0 Å². The summed E-state index contributed by atoms with van der Waals surface area (Å²) in [5, 5.41) is 0. The molecule has 0 nitrogen and oxygen atoms in total. The van der Waals surface area contributed by atoms with Crippen molar-refractivity contribution in [1.29, 1.82) is 0 Å². The molecule has 68 valence electrons. The van der Waals surface area contributed by atoms with Gasteiger partial charge in [0.15, 0.2) is 0 Å². The molecule has 0 spiro atoms. The topological polar surface area (TPSA) is 0 Å². The van der Waals surface area contributed by atoms with Crippen molar-refractivity contribution in [3.8, 4) is 0 Å². The molecule has 0 saturated carbocycles. The zero-order valence-electron chi connectivity index (χ0n) is 8.13. The van der Waals surface area contributed by atoms with Gasteiger partial charge in [0.2, 0.25) is 0 Å². The highest BCUT2D eigenvalue weighted by molar-refractivity contribution is 8.06. The minimum absolute atomic E-state index is 1.02. The average molecular weight is 190 g/mol. The van der Waals surface area contributed by atoms with Crippen molar-refractivity contribution in [3.05, 3.63) is 52.0 Å². The lowest BCUT2D eigenvalue weighted by Crippen LogP contribution is -1.67. The third-order valence-electron chi connectivity index (χ3n) is 1.69. The van der Waals surface area contributed by atoms with E-state index in [0.717, 1.165) is 6.42 Å². The Balaban J connectivity index is 2.92. The molecule has 0 amide bonds. The molecule has 0 fully saturated rings. The van der Waals surface area contributed by atoms with Crippen molar-refractivity contribution >= 4 is 11.8 Å². The van der Waals surface area contributed by atoms with Gasteiger partial charge < -0.3 is 0 Å². The summed E-state index contributed by atoms with van der Waals surface area (Å²) in [7, 11) is 0. The summed E-state index contributed by atoms with van der Waals surface area (Å²) in [6.45, 7) is 7.89. The van der Waals surface area contributed by atoms with Crippen molar-refractivity contribution in [2.24, 2.45) is 0 Å². The van der Waals surface area contributed by atoms with Gasteiger partial charge in [0.05, 0.1) is 4.91 Å². The second-order valence-corrected chi connectivity index (χ2v) is 4.27. The smallest absolute Gasteiger partial charge is 0.0536 e. The van der Waals surface area contributed by atoms with E-state index in [0.29, 0.717) is 0 Å². The van der Waals surface area contributed by atoms with Gasteiger partial charge in [-0.1, -0.05) is 36.6 Å². The molecule has 0 unspecified atom stereocenters. The predicted octanol–water partition coefficient (Wildman–Crippen LogP) is 4.20. The lowest BCUT2D eigenvalue weighted by atomic mass is 10.2. The molecule has 1 aliphatic heterocycles. The molecule has 0 radical (unpaired) electrons. The van der Waals surface area contributed by atoms with E-state index in [1.807, 2.05) is 12.2 Å². The maximum atomic E-state index is 3.65. The van der Waals surface area contributed by atoms with E-state index in [1.54, 1.807) is 17.8 Å². The molecule has 1 heteroatoms. The van der Waals surface area contributed by atoms with Gasteiger partial charge in [-0.25, -0.2) is 0 Å². The Morgan fingerprint density at radius 2 is 2.31 bits per heavy atom. The van der Waals surface area contributed by atoms with Crippen molar-refractivity contribution in [2.75, 3.05) is 0 Å². The molecule has 0 aromatic rings. The molecule has 1 aliphatic rings. The van der Waals surface area contributed by atoms with Gasteiger partial charge >= 0.3 is 0 Å². The van der Waals surface area contributed by atoms with Gasteiger partial charge in [0.1, 0.15) is 0 Å². The zero-order chi connectivity index (χ0) is 9.68. The molecule has 13 heavy (non-hydrogen) atoms. The van der Waals surface area contributed by atoms with Crippen LogP contribution >= 0.6 is 11.8 Å². The standard InChI is InChI=1S/C12H14S/c1-4-5-6-12-9-10(2)7-8-11(3)13-12/h4-6,8H,1,7H2,2-3H3. The predicted molar refractivity (Wildman–Crippen MR) is 61.5 cm³/mol. The lowest BCUT2D eigenvalue weighted by molar-refractivity contribution is 1.21. The van der Waals surface area contributed by atoms with E-state index in [2.05, 4.69) is 32.2 Å². The highest BCUT2D eigenvalue weighted by Gasteiger charge is 1.99. The summed E-state index contributed by atoms with van der Waals surface area (Å²) < 4.78 is 0. The van der Waals surface area contributed by atoms with Crippen LogP contribution in [0, 0.1) is 0 Å². The SMILES string of the molecule is C=CC=CC1=C=C(C)CC=C(C)S1. The largest absolute Gasteiger partial charge is 0.106 e. The number of rotatable bonds is 2. The fraction of sp³-hybridized carbons (Fsp3) is 0.250. The van der Waals surface area contributed by atoms with Crippen LogP contribution in [0.4, 0.5) is 0 Å². The molecule has 0 aromatic heterocycles. The van der Waals surface area contributed by atoms with Gasteiger partial charge in [-0.15, -0.1) is 5.73 Å². The van der Waals surface area contributed by atoms with Crippen LogP contribution in [0.3, 0.4) is 0 Å². The molecule has 0 N–H and O–H groups in total. The Labute approximate surface area is 84.4 Å². The summed E-state index contributed by atoms with van der Waals surface area (Å²) in [6, 6.07) is 0. The third kappa shape index (κ3) is 3.54. The van der Waals surface area contributed by atoms with E-state index >= 15 is 0 Å². The van der Waals surface area contributed by atoms with Crippen LogP contribution in [0.15, 0.2) is 52.0 Å². The van der Waals surface area contributed by atoms with Crippen LogP contribution in [0.25, 0.3) is 0 Å². The Morgan fingerprint density at radius 1 is 1.54 bits per heavy atom. The fourth-order valence-electron chi connectivity index (χ4n) is 1.03. The minimum atomic E-state index is 1.02. The first kappa shape index (κ1) is 10.2. The number of hydrogen-bond donors (Lipinski definition) is 0. The van der Waals surface area contributed by atoms with Crippen molar-refractivity contribution < 1.29 is 0 Å². The second kappa shape index (κ2) is 4.96. The maximum Gasteiger partial charge on any atom is 0.0536 e. The normalized spacial score (nSPS) is 17.5. The van der Waals surface area contributed by atoms with E-state index in [4.69, 9.17) is 0 Å².